The fourth-order valence-electron chi connectivity index (χ4n) is 3.25. The van der Waals surface area contributed by atoms with Crippen LogP contribution in [0.15, 0.2) is 18.2 Å². The number of anilines is 2. The Morgan fingerprint density at radius 1 is 1.20 bits per heavy atom. The van der Waals surface area contributed by atoms with Gasteiger partial charge in [0.05, 0.1) is 5.92 Å². The van der Waals surface area contributed by atoms with Gasteiger partial charge in [-0.1, -0.05) is 6.07 Å². The Balaban J connectivity index is 1.86. The topological polar surface area (TPSA) is 15.3 Å². The van der Waals surface area contributed by atoms with Crippen LogP contribution in [0.5, 0.6) is 0 Å². The molecule has 0 saturated carbocycles. The second-order valence-corrected chi connectivity index (χ2v) is 5.66. The lowest BCUT2D eigenvalue weighted by Crippen LogP contribution is -2.42. The molecule has 1 N–H and O–H groups in total. The van der Waals surface area contributed by atoms with E-state index in [4.69, 9.17) is 0 Å². The maximum Gasteiger partial charge on any atom is 0.393 e. The van der Waals surface area contributed by atoms with E-state index in [1.54, 1.807) is 0 Å². The van der Waals surface area contributed by atoms with Crippen molar-refractivity contribution in [1.82, 2.24) is 0 Å². The standard InChI is InChI=1S/C15H19F3N2/c16-15(17,18)11-4-3-9-20(10-11)14-7-1-6-13-12(14)5-2-8-19-13/h1,6-7,11,19H,2-5,8-10H2. The zero-order valence-electron chi connectivity index (χ0n) is 11.3. The van der Waals surface area contributed by atoms with Crippen LogP contribution in [0.1, 0.15) is 24.8 Å². The Morgan fingerprint density at radius 3 is 2.85 bits per heavy atom. The molecule has 0 radical (unpaired) electrons. The summed E-state index contributed by atoms with van der Waals surface area (Å²) in [6, 6.07) is 5.91. The minimum absolute atomic E-state index is 0.0972. The van der Waals surface area contributed by atoms with Crippen molar-refractivity contribution in [2.75, 3.05) is 29.9 Å². The van der Waals surface area contributed by atoms with E-state index in [-0.39, 0.29) is 13.0 Å². The molecular formula is C15H19F3N2. The summed E-state index contributed by atoms with van der Waals surface area (Å²) in [5.41, 5.74) is 3.26. The number of alkyl halides is 3. The van der Waals surface area contributed by atoms with Crippen LogP contribution in [0.25, 0.3) is 0 Å². The number of benzene rings is 1. The minimum atomic E-state index is -4.08. The molecule has 110 valence electrons. The molecular weight excluding hydrogens is 265 g/mol. The van der Waals surface area contributed by atoms with Crippen molar-refractivity contribution in [3.8, 4) is 0 Å². The summed E-state index contributed by atoms with van der Waals surface area (Å²) in [7, 11) is 0. The average Bonchev–Trinajstić information content (AvgIpc) is 2.46. The Bertz CT molecular complexity index is 484. The van der Waals surface area contributed by atoms with Gasteiger partial charge < -0.3 is 10.2 Å². The second-order valence-electron chi connectivity index (χ2n) is 5.66. The van der Waals surface area contributed by atoms with Gasteiger partial charge in [-0.15, -0.1) is 0 Å². The quantitative estimate of drug-likeness (QED) is 0.843. The number of fused-ring (bicyclic) bond motifs is 1. The van der Waals surface area contributed by atoms with E-state index in [0.29, 0.717) is 6.42 Å². The highest BCUT2D eigenvalue weighted by atomic mass is 19.4. The Hall–Kier alpha value is -1.39. The molecule has 5 heteroatoms. The minimum Gasteiger partial charge on any atom is -0.385 e. The predicted molar refractivity (Wildman–Crippen MR) is 74.2 cm³/mol. The van der Waals surface area contributed by atoms with Crippen molar-refractivity contribution in [3.05, 3.63) is 23.8 Å². The average molecular weight is 284 g/mol. The summed E-state index contributed by atoms with van der Waals surface area (Å²) in [5.74, 6) is -1.19. The van der Waals surface area contributed by atoms with Crippen molar-refractivity contribution in [1.29, 1.82) is 0 Å². The van der Waals surface area contributed by atoms with Gasteiger partial charge >= 0.3 is 6.18 Å². The zero-order chi connectivity index (χ0) is 14.2. The molecule has 1 aromatic carbocycles. The van der Waals surface area contributed by atoms with E-state index >= 15 is 0 Å². The van der Waals surface area contributed by atoms with E-state index in [1.165, 1.54) is 5.56 Å². The third-order valence-corrected chi connectivity index (χ3v) is 4.30. The van der Waals surface area contributed by atoms with Gasteiger partial charge in [0, 0.05) is 31.0 Å². The first-order valence-corrected chi connectivity index (χ1v) is 7.23. The number of rotatable bonds is 1. The van der Waals surface area contributed by atoms with E-state index < -0.39 is 12.1 Å². The lowest BCUT2D eigenvalue weighted by molar-refractivity contribution is -0.176. The van der Waals surface area contributed by atoms with Gasteiger partial charge in [-0.25, -0.2) is 0 Å². The normalized spacial score (nSPS) is 23.1. The van der Waals surface area contributed by atoms with Crippen molar-refractivity contribution in [2.45, 2.75) is 31.9 Å². The monoisotopic (exact) mass is 284 g/mol. The van der Waals surface area contributed by atoms with Crippen LogP contribution in [0, 0.1) is 5.92 Å². The van der Waals surface area contributed by atoms with Crippen LogP contribution in [0.3, 0.4) is 0 Å². The molecule has 2 heterocycles. The first-order chi connectivity index (χ1) is 9.55. The van der Waals surface area contributed by atoms with Gasteiger partial charge in [-0.05, 0) is 43.4 Å². The lowest BCUT2D eigenvalue weighted by Gasteiger charge is -2.37. The van der Waals surface area contributed by atoms with E-state index in [0.717, 1.165) is 37.3 Å². The maximum absolute atomic E-state index is 12.9. The highest BCUT2D eigenvalue weighted by molar-refractivity contribution is 5.68. The third-order valence-electron chi connectivity index (χ3n) is 4.30. The van der Waals surface area contributed by atoms with E-state index in [9.17, 15) is 13.2 Å². The van der Waals surface area contributed by atoms with Crippen molar-refractivity contribution in [2.24, 2.45) is 5.92 Å². The molecule has 0 amide bonds. The van der Waals surface area contributed by atoms with Crippen LogP contribution in [-0.2, 0) is 6.42 Å². The predicted octanol–water partition coefficient (Wildman–Crippen LogP) is 3.82. The molecule has 1 aromatic rings. The molecule has 2 aliphatic heterocycles. The smallest absolute Gasteiger partial charge is 0.385 e. The fourth-order valence-corrected chi connectivity index (χ4v) is 3.25. The zero-order valence-corrected chi connectivity index (χ0v) is 11.3. The van der Waals surface area contributed by atoms with Gasteiger partial charge in [-0.3, -0.25) is 0 Å². The molecule has 2 nitrogen and oxygen atoms in total. The Labute approximate surface area is 117 Å². The van der Waals surface area contributed by atoms with Crippen LogP contribution >= 0.6 is 0 Å². The van der Waals surface area contributed by atoms with Crippen LogP contribution in [0.2, 0.25) is 0 Å². The van der Waals surface area contributed by atoms with Gasteiger partial charge in [-0.2, -0.15) is 13.2 Å². The largest absolute Gasteiger partial charge is 0.393 e. The van der Waals surface area contributed by atoms with Crippen LogP contribution < -0.4 is 10.2 Å². The lowest BCUT2D eigenvalue weighted by atomic mass is 9.94. The summed E-state index contributed by atoms with van der Waals surface area (Å²) < 4.78 is 38.8. The third kappa shape index (κ3) is 2.58. The fraction of sp³-hybridized carbons (Fsp3) is 0.600. The van der Waals surface area contributed by atoms with Crippen molar-refractivity contribution < 1.29 is 13.2 Å². The summed E-state index contributed by atoms with van der Waals surface area (Å²) in [4.78, 5) is 1.92. The number of hydrogen-bond donors (Lipinski definition) is 1. The van der Waals surface area contributed by atoms with Crippen LogP contribution in [-0.4, -0.2) is 25.8 Å². The molecule has 3 rings (SSSR count). The molecule has 20 heavy (non-hydrogen) atoms. The summed E-state index contributed by atoms with van der Waals surface area (Å²) >= 11 is 0. The van der Waals surface area contributed by atoms with Gasteiger partial charge in [0.2, 0.25) is 0 Å². The first kappa shape index (κ1) is 13.6. The molecule has 0 spiro atoms. The summed E-state index contributed by atoms with van der Waals surface area (Å²) in [6.45, 7) is 1.77. The van der Waals surface area contributed by atoms with Crippen LogP contribution in [0.4, 0.5) is 24.5 Å². The number of nitrogens with one attached hydrogen (secondary N) is 1. The number of halogens is 3. The molecule has 1 atom stereocenters. The molecule has 0 aromatic heterocycles. The highest BCUT2D eigenvalue weighted by Gasteiger charge is 2.42. The SMILES string of the molecule is FC(F)(F)C1CCCN(c2cccc3c2CCCN3)C1. The van der Waals surface area contributed by atoms with Crippen molar-refractivity contribution in [3.63, 3.8) is 0 Å². The molecule has 1 unspecified atom stereocenters. The Morgan fingerprint density at radius 2 is 2.05 bits per heavy atom. The summed E-state index contributed by atoms with van der Waals surface area (Å²) in [6.07, 6.45) is -1.22. The molecule has 1 fully saturated rings. The molecule has 0 bridgehead atoms. The van der Waals surface area contributed by atoms with Gasteiger partial charge in [0.25, 0.3) is 0 Å². The molecule has 1 saturated heterocycles. The van der Waals surface area contributed by atoms with Gasteiger partial charge in [0.1, 0.15) is 0 Å². The molecule has 2 aliphatic rings. The maximum atomic E-state index is 12.9. The molecule has 0 aliphatic carbocycles. The van der Waals surface area contributed by atoms with Gasteiger partial charge in [0.15, 0.2) is 0 Å². The Kier molecular flexibility index (Phi) is 3.52. The second kappa shape index (κ2) is 5.19. The van der Waals surface area contributed by atoms with E-state index in [1.807, 2.05) is 23.1 Å². The number of hydrogen-bond acceptors (Lipinski definition) is 2. The van der Waals surface area contributed by atoms with E-state index in [2.05, 4.69) is 5.32 Å². The highest BCUT2D eigenvalue weighted by Crippen LogP contribution is 2.38. The number of piperidine rings is 1. The number of nitrogens with zero attached hydrogens (tertiary/aromatic N) is 1. The first-order valence-electron chi connectivity index (χ1n) is 7.23. The van der Waals surface area contributed by atoms with Crippen molar-refractivity contribution >= 4 is 11.4 Å². The summed E-state index contributed by atoms with van der Waals surface area (Å²) in [5, 5.41) is 3.33.